The maximum atomic E-state index is 14.0. The molecule has 0 spiro atoms. The molecule has 0 unspecified atom stereocenters. The molecule has 0 aliphatic rings. The van der Waals surface area contributed by atoms with Crippen LogP contribution < -0.4 is 5.32 Å². The van der Waals surface area contributed by atoms with Crippen molar-refractivity contribution in [3.63, 3.8) is 0 Å². The standard InChI is InChI=1S/C19H16ClFN2O2/c1-12-17(18(23-25-12)15-4-2-3-5-16(15)21)19(24)22-11-10-13-6-8-14(20)9-7-13/h2-9H,10-11H2,1H3,(H,22,24). The van der Waals surface area contributed by atoms with E-state index >= 15 is 0 Å². The van der Waals surface area contributed by atoms with Crippen molar-refractivity contribution in [2.75, 3.05) is 6.54 Å². The van der Waals surface area contributed by atoms with E-state index in [1.54, 1.807) is 37.3 Å². The summed E-state index contributed by atoms with van der Waals surface area (Å²) in [7, 11) is 0. The number of hydrogen-bond acceptors (Lipinski definition) is 3. The summed E-state index contributed by atoms with van der Waals surface area (Å²) < 4.78 is 19.1. The summed E-state index contributed by atoms with van der Waals surface area (Å²) in [6.45, 7) is 2.06. The van der Waals surface area contributed by atoms with E-state index in [1.807, 2.05) is 12.1 Å². The molecule has 25 heavy (non-hydrogen) atoms. The first-order valence-corrected chi connectivity index (χ1v) is 8.18. The highest BCUT2D eigenvalue weighted by molar-refractivity contribution is 6.30. The van der Waals surface area contributed by atoms with Gasteiger partial charge in [-0.05, 0) is 43.2 Å². The molecule has 1 heterocycles. The molecule has 128 valence electrons. The second-order valence-corrected chi connectivity index (χ2v) is 6.01. The molecule has 3 aromatic rings. The zero-order valence-electron chi connectivity index (χ0n) is 13.6. The van der Waals surface area contributed by atoms with Crippen LogP contribution in [-0.4, -0.2) is 17.6 Å². The zero-order chi connectivity index (χ0) is 17.8. The monoisotopic (exact) mass is 358 g/mol. The lowest BCUT2D eigenvalue weighted by molar-refractivity contribution is 0.0953. The summed E-state index contributed by atoms with van der Waals surface area (Å²) in [6, 6.07) is 13.6. The molecule has 0 saturated carbocycles. The van der Waals surface area contributed by atoms with Gasteiger partial charge < -0.3 is 9.84 Å². The highest BCUT2D eigenvalue weighted by atomic mass is 35.5. The SMILES string of the molecule is Cc1onc(-c2ccccc2F)c1C(=O)NCCc1ccc(Cl)cc1. The van der Waals surface area contributed by atoms with Crippen molar-refractivity contribution >= 4 is 17.5 Å². The van der Waals surface area contributed by atoms with Gasteiger partial charge in [-0.1, -0.05) is 41.0 Å². The van der Waals surface area contributed by atoms with Gasteiger partial charge in [0.2, 0.25) is 0 Å². The van der Waals surface area contributed by atoms with E-state index in [4.69, 9.17) is 16.1 Å². The Morgan fingerprint density at radius 3 is 2.64 bits per heavy atom. The van der Waals surface area contributed by atoms with Crippen molar-refractivity contribution in [2.45, 2.75) is 13.3 Å². The quantitative estimate of drug-likeness (QED) is 0.734. The lowest BCUT2D eigenvalue weighted by Gasteiger charge is -2.07. The molecule has 0 aliphatic carbocycles. The molecule has 0 fully saturated rings. The van der Waals surface area contributed by atoms with Crippen LogP contribution in [0.2, 0.25) is 5.02 Å². The molecule has 0 aliphatic heterocycles. The molecule has 2 aromatic carbocycles. The Labute approximate surface area is 149 Å². The van der Waals surface area contributed by atoms with Gasteiger partial charge in [-0.25, -0.2) is 4.39 Å². The summed E-state index contributed by atoms with van der Waals surface area (Å²) in [5.74, 6) is -0.445. The van der Waals surface area contributed by atoms with Crippen LogP contribution in [0.4, 0.5) is 4.39 Å². The minimum atomic E-state index is -0.453. The van der Waals surface area contributed by atoms with Gasteiger partial charge in [-0.3, -0.25) is 4.79 Å². The Morgan fingerprint density at radius 1 is 1.20 bits per heavy atom. The first kappa shape index (κ1) is 17.2. The number of carbonyl (C=O) groups is 1. The fraction of sp³-hybridized carbons (Fsp3) is 0.158. The van der Waals surface area contributed by atoms with Crippen molar-refractivity contribution in [3.05, 3.63) is 76.3 Å². The molecule has 0 radical (unpaired) electrons. The second kappa shape index (κ2) is 7.49. The minimum Gasteiger partial charge on any atom is -0.360 e. The number of benzene rings is 2. The Hall–Kier alpha value is -2.66. The van der Waals surface area contributed by atoms with Crippen LogP contribution in [0.25, 0.3) is 11.3 Å². The van der Waals surface area contributed by atoms with Crippen molar-refractivity contribution in [1.82, 2.24) is 10.5 Å². The molecule has 1 aromatic heterocycles. The van der Waals surface area contributed by atoms with Crippen LogP contribution in [-0.2, 0) is 6.42 Å². The largest absolute Gasteiger partial charge is 0.360 e. The Morgan fingerprint density at radius 2 is 1.92 bits per heavy atom. The maximum absolute atomic E-state index is 14.0. The van der Waals surface area contributed by atoms with Crippen molar-refractivity contribution < 1.29 is 13.7 Å². The highest BCUT2D eigenvalue weighted by Gasteiger charge is 2.23. The van der Waals surface area contributed by atoms with Crippen LogP contribution in [0, 0.1) is 12.7 Å². The third-order valence-electron chi connectivity index (χ3n) is 3.83. The molecule has 6 heteroatoms. The molecule has 3 rings (SSSR count). The fourth-order valence-corrected chi connectivity index (χ4v) is 2.66. The van der Waals surface area contributed by atoms with E-state index in [9.17, 15) is 9.18 Å². The molecular formula is C19H16ClFN2O2. The first-order valence-electron chi connectivity index (χ1n) is 7.80. The van der Waals surface area contributed by atoms with Gasteiger partial charge >= 0.3 is 0 Å². The highest BCUT2D eigenvalue weighted by Crippen LogP contribution is 2.27. The number of hydrogen-bond donors (Lipinski definition) is 1. The number of nitrogens with zero attached hydrogens (tertiary/aromatic N) is 1. The van der Waals surface area contributed by atoms with Gasteiger partial charge in [0, 0.05) is 17.1 Å². The summed E-state index contributed by atoms with van der Waals surface area (Å²) in [5.41, 5.74) is 1.75. The summed E-state index contributed by atoms with van der Waals surface area (Å²) in [5, 5.41) is 7.35. The van der Waals surface area contributed by atoms with Crippen molar-refractivity contribution in [1.29, 1.82) is 0 Å². The van der Waals surface area contributed by atoms with Crippen molar-refractivity contribution in [3.8, 4) is 11.3 Å². The van der Waals surface area contributed by atoms with E-state index in [0.29, 0.717) is 23.7 Å². The number of aromatic nitrogens is 1. The first-order chi connectivity index (χ1) is 12.1. The van der Waals surface area contributed by atoms with Crippen LogP contribution in [0.1, 0.15) is 21.7 Å². The molecule has 0 bridgehead atoms. The molecule has 0 atom stereocenters. The maximum Gasteiger partial charge on any atom is 0.257 e. The summed E-state index contributed by atoms with van der Waals surface area (Å²) in [4.78, 5) is 12.5. The van der Waals surface area contributed by atoms with Crippen LogP contribution in [0.3, 0.4) is 0 Å². The van der Waals surface area contributed by atoms with Crippen molar-refractivity contribution in [2.24, 2.45) is 0 Å². The Balaban J connectivity index is 1.73. The van der Waals surface area contributed by atoms with Crippen LogP contribution in [0.5, 0.6) is 0 Å². The zero-order valence-corrected chi connectivity index (χ0v) is 14.3. The van der Waals surface area contributed by atoms with Gasteiger partial charge in [0.05, 0.1) is 0 Å². The second-order valence-electron chi connectivity index (χ2n) is 5.57. The van der Waals surface area contributed by atoms with Gasteiger partial charge in [0.15, 0.2) is 0 Å². The van der Waals surface area contributed by atoms with Gasteiger partial charge in [-0.15, -0.1) is 0 Å². The number of amides is 1. The molecule has 0 saturated heterocycles. The summed E-state index contributed by atoms with van der Waals surface area (Å²) in [6.07, 6.45) is 0.655. The number of halogens is 2. The molecule has 4 nitrogen and oxygen atoms in total. The molecule has 1 N–H and O–H groups in total. The number of aryl methyl sites for hydroxylation is 1. The lowest BCUT2D eigenvalue weighted by Crippen LogP contribution is -2.26. The number of carbonyl (C=O) groups excluding carboxylic acids is 1. The lowest BCUT2D eigenvalue weighted by atomic mass is 10.0. The fourth-order valence-electron chi connectivity index (χ4n) is 2.54. The molecule has 1 amide bonds. The average molecular weight is 359 g/mol. The number of nitrogens with one attached hydrogen (secondary N) is 1. The Kier molecular flexibility index (Phi) is 5.14. The van der Waals surface area contributed by atoms with E-state index in [1.165, 1.54) is 6.07 Å². The summed E-state index contributed by atoms with van der Waals surface area (Å²) >= 11 is 5.85. The Bertz CT molecular complexity index is 891. The van der Waals surface area contributed by atoms with Crippen LogP contribution in [0.15, 0.2) is 53.1 Å². The smallest absolute Gasteiger partial charge is 0.257 e. The predicted octanol–water partition coefficient (Wildman–Crippen LogP) is 4.42. The third-order valence-corrected chi connectivity index (χ3v) is 4.08. The van der Waals surface area contributed by atoms with Gasteiger partial charge in [0.25, 0.3) is 5.91 Å². The van der Waals surface area contributed by atoms with E-state index < -0.39 is 5.82 Å². The van der Waals surface area contributed by atoms with Crippen LogP contribution >= 0.6 is 11.6 Å². The van der Waals surface area contributed by atoms with Gasteiger partial charge in [0.1, 0.15) is 22.8 Å². The molecular weight excluding hydrogens is 343 g/mol. The topological polar surface area (TPSA) is 55.1 Å². The predicted molar refractivity (Wildman–Crippen MR) is 94.1 cm³/mol. The third kappa shape index (κ3) is 3.88. The van der Waals surface area contributed by atoms with Gasteiger partial charge in [-0.2, -0.15) is 0 Å². The van der Waals surface area contributed by atoms with E-state index in [2.05, 4.69) is 10.5 Å². The normalized spacial score (nSPS) is 10.7. The van der Waals surface area contributed by atoms with E-state index in [0.717, 1.165) is 5.56 Å². The number of rotatable bonds is 5. The average Bonchev–Trinajstić information content (AvgIpc) is 2.98. The minimum absolute atomic E-state index is 0.208. The van der Waals surface area contributed by atoms with E-state index in [-0.39, 0.29) is 22.7 Å².